The highest BCUT2D eigenvalue weighted by atomic mass is 16.5. The summed E-state index contributed by atoms with van der Waals surface area (Å²) in [6.07, 6.45) is 3.97. The number of methoxy groups -OCH3 is 1. The standard InChI is InChI=1S/C17H26O2/c1-12(2)17(19-3)16(18)11-14-9-6-8-13-7-4-5-10-15(13)14/h4-5,7,10,12,14,16-18H,6,8-9,11H2,1-3H3. The Morgan fingerprint density at radius 1 is 1.32 bits per heavy atom. The predicted molar refractivity (Wildman–Crippen MR) is 78.4 cm³/mol. The second kappa shape index (κ2) is 6.53. The number of rotatable bonds is 5. The van der Waals surface area contributed by atoms with Gasteiger partial charge in [0.05, 0.1) is 12.2 Å². The molecule has 0 saturated heterocycles. The number of ether oxygens (including phenoxy) is 1. The molecule has 1 N–H and O–H groups in total. The number of aliphatic hydroxyl groups is 1. The predicted octanol–water partition coefficient (Wildman–Crippen LogP) is 3.53. The van der Waals surface area contributed by atoms with Crippen LogP contribution in [0.5, 0.6) is 0 Å². The van der Waals surface area contributed by atoms with Crippen LogP contribution in [0, 0.1) is 5.92 Å². The van der Waals surface area contributed by atoms with Crippen LogP contribution < -0.4 is 0 Å². The molecule has 2 heteroatoms. The molecule has 0 radical (unpaired) electrons. The minimum absolute atomic E-state index is 0.0610. The van der Waals surface area contributed by atoms with Crippen molar-refractivity contribution in [1.82, 2.24) is 0 Å². The first-order valence-electron chi connectivity index (χ1n) is 7.42. The number of benzene rings is 1. The first-order valence-corrected chi connectivity index (χ1v) is 7.42. The molecule has 106 valence electrons. The summed E-state index contributed by atoms with van der Waals surface area (Å²) < 4.78 is 5.45. The van der Waals surface area contributed by atoms with Gasteiger partial charge < -0.3 is 9.84 Å². The van der Waals surface area contributed by atoms with Gasteiger partial charge in [-0.3, -0.25) is 0 Å². The van der Waals surface area contributed by atoms with Crippen molar-refractivity contribution in [3.05, 3.63) is 35.4 Å². The molecule has 0 aliphatic heterocycles. The Bertz CT molecular complexity index is 400. The Morgan fingerprint density at radius 2 is 2.05 bits per heavy atom. The molecule has 3 atom stereocenters. The fourth-order valence-electron chi connectivity index (χ4n) is 3.40. The van der Waals surface area contributed by atoms with Crippen LogP contribution in [-0.4, -0.2) is 24.4 Å². The van der Waals surface area contributed by atoms with Crippen LogP contribution in [0.1, 0.15) is 50.2 Å². The quantitative estimate of drug-likeness (QED) is 0.879. The van der Waals surface area contributed by atoms with Gasteiger partial charge in [-0.05, 0) is 48.6 Å². The van der Waals surface area contributed by atoms with Gasteiger partial charge in [-0.25, -0.2) is 0 Å². The zero-order chi connectivity index (χ0) is 13.8. The number of hydrogen-bond acceptors (Lipinski definition) is 2. The third kappa shape index (κ3) is 3.37. The van der Waals surface area contributed by atoms with Crippen LogP contribution in [0.25, 0.3) is 0 Å². The van der Waals surface area contributed by atoms with Crippen LogP contribution in [0.4, 0.5) is 0 Å². The van der Waals surface area contributed by atoms with E-state index in [0.29, 0.717) is 11.8 Å². The van der Waals surface area contributed by atoms with Gasteiger partial charge in [-0.2, -0.15) is 0 Å². The lowest BCUT2D eigenvalue weighted by molar-refractivity contribution is -0.0439. The zero-order valence-electron chi connectivity index (χ0n) is 12.3. The lowest BCUT2D eigenvalue weighted by atomic mass is 9.79. The summed E-state index contributed by atoms with van der Waals surface area (Å²) >= 11 is 0. The molecule has 0 bridgehead atoms. The molecular weight excluding hydrogens is 236 g/mol. The van der Waals surface area contributed by atoms with Crippen LogP contribution in [0.3, 0.4) is 0 Å². The maximum atomic E-state index is 10.4. The van der Waals surface area contributed by atoms with Crippen molar-refractivity contribution in [3.63, 3.8) is 0 Å². The molecular formula is C17H26O2. The molecule has 19 heavy (non-hydrogen) atoms. The molecule has 0 spiro atoms. The van der Waals surface area contributed by atoms with Gasteiger partial charge >= 0.3 is 0 Å². The summed E-state index contributed by atoms with van der Waals surface area (Å²) in [5.41, 5.74) is 2.90. The van der Waals surface area contributed by atoms with Crippen LogP contribution in [0.2, 0.25) is 0 Å². The largest absolute Gasteiger partial charge is 0.390 e. The Labute approximate surface area is 116 Å². The highest BCUT2D eigenvalue weighted by Gasteiger charge is 2.28. The Hall–Kier alpha value is -0.860. The van der Waals surface area contributed by atoms with E-state index in [1.54, 1.807) is 7.11 Å². The lowest BCUT2D eigenvalue weighted by Crippen LogP contribution is -2.34. The molecule has 0 heterocycles. The highest BCUT2D eigenvalue weighted by Crippen LogP contribution is 2.35. The SMILES string of the molecule is COC(C(C)C)C(O)CC1CCCc2ccccc21. The Morgan fingerprint density at radius 3 is 2.74 bits per heavy atom. The fourth-order valence-corrected chi connectivity index (χ4v) is 3.40. The Kier molecular flexibility index (Phi) is 5.00. The summed E-state index contributed by atoms with van der Waals surface area (Å²) in [7, 11) is 1.70. The summed E-state index contributed by atoms with van der Waals surface area (Å²) in [5.74, 6) is 0.829. The average molecular weight is 262 g/mol. The van der Waals surface area contributed by atoms with Gasteiger partial charge in [0.1, 0.15) is 0 Å². The van der Waals surface area contributed by atoms with Crippen molar-refractivity contribution in [2.75, 3.05) is 7.11 Å². The molecule has 0 aromatic heterocycles. The minimum Gasteiger partial charge on any atom is -0.390 e. The maximum absolute atomic E-state index is 10.4. The van der Waals surface area contributed by atoms with Crippen molar-refractivity contribution >= 4 is 0 Å². The summed E-state index contributed by atoms with van der Waals surface area (Å²) in [4.78, 5) is 0. The van der Waals surface area contributed by atoms with Gasteiger partial charge in [0.15, 0.2) is 0 Å². The van der Waals surface area contributed by atoms with Crippen molar-refractivity contribution in [2.24, 2.45) is 5.92 Å². The van der Waals surface area contributed by atoms with Crippen LogP contribution in [0.15, 0.2) is 24.3 Å². The third-order valence-electron chi connectivity index (χ3n) is 4.33. The second-order valence-electron chi connectivity index (χ2n) is 6.04. The number of aliphatic hydroxyl groups excluding tert-OH is 1. The number of hydrogen-bond donors (Lipinski definition) is 1. The monoisotopic (exact) mass is 262 g/mol. The van der Waals surface area contributed by atoms with Crippen molar-refractivity contribution in [2.45, 2.75) is 57.7 Å². The highest BCUT2D eigenvalue weighted by molar-refractivity contribution is 5.32. The molecule has 0 amide bonds. The molecule has 2 nitrogen and oxygen atoms in total. The lowest BCUT2D eigenvalue weighted by Gasteiger charge is -2.31. The van der Waals surface area contributed by atoms with E-state index < -0.39 is 0 Å². The van der Waals surface area contributed by atoms with Gasteiger partial charge in [0, 0.05) is 7.11 Å². The average Bonchev–Trinajstić information content (AvgIpc) is 2.39. The zero-order valence-corrected chi connectivity index (χ0v) is 12.3. The Balaban J connectivity index is 2.08. The van der Waals surface area contributed by atoms with Gasteiger partial charge in [-0.1, -0.05) is 38.1 Å². The first-order chi connectivity index (χ1) is 9.13. The minimum atomic E-state index is -0.374. The van der Waals surface area contributed by atoms with Crippen molar-refractivity contribution in [1.29, 1.82) is 0 Å². The molecule has 1 aromatic carbocycles. The second-order valence-corrected chi connectivity index (χ2v) is 6.04. The van der Waals surface area contributed by atoms with Gasteiger partial charge in [0.25, 0.3) is 0 Å². The molecule has 0 fully saturated rings. The van der Waals surface area contributed by atoms with E-state index in [1.165, 1.54) is 30.4 Å². The van der Waals surface area contributed by atoms with E-state index >= 15 is 0 Å². The van der Waals surface area contributed by atoms with Crippen LogP contribution in [-0.2, 0) is 11.2 Å². The molecule has 1 aliphatic rings. The van der Waals surface area contributed by atoms with Gasteiger partial charge in [-0.15, -0.1) is 0 Å². The summed E-state index contributed by atoms with van der Waals surface area (Å²) in [5, 5.41) is 10.4. The third-order valence-corrected chi connectivity index (χ3v) is 4.33. The molecule has 2 rings (SSSR count). The number of aryl methyl sites for hydroxylation is 1. The van der Waals surface area contributed by atoms with E-state index in [1.807, 2.05) is 0 Å². The molecule has 1 aliphatic carbocycles. The number of fused-ring (bicyclic) bond motifs is 1. The van der Waals surface area contributed by atoms with Crippen LogP contribution >= 0.6 is 0 Å². The summed E-state index contributed by atoms with van der Waals surface area (Å²) in [6.45, 7) is 4.21. The first kappa shape index (κ1) is 14.5. The smallest absolute Gasteiger partial charge is 0.0853 e. The molecule has 1 aromatic rings. The van der Waals surface area contributed by atoms with E-state index in [0.717, 1.165) is 6.42 Å². The van der Waals surface area contributed by atoms with Gasteiger partial charge in [0.2, 0.25) is 0 Å². The topological polar surface area (TPSA) is 29.5 Å². The van der Waals surface area contributed by atoms with E-state index in [-0.39, 0.29) is 12.2 Å². The van der Waals surface area contributed by atoms with E-state index in [9.17, 15) is 5.11 Å². The van der Waals surface area contributed by atoms with E-state index in [4.69, 9.17) is 4.74 Å². The molecule has 3 unspecified atom stereocenters. The molecule has 0 saturated carbocycles. The maximum Gasteiger partial charge on any atom is 0.0853 e. The van der Waals surface area contributed by atoms with Crippen molar-refractivity contribution < 1.29 is 9.84 Å². The van der Waals surface area contributed by atoms with E-state index in [2.05, 4.69) is 38.1 Å². The van der Waals surface area contributed by atoms with Crippen molar-refractivity contribution in [3.8, 4) is 0 Å². The summed E-state index contributed by atoms with van der Waals surface area (Å²) in [6, 6.07) is 8.68. The normalized spacial score (nSPS) is 22.1. The fraction of sp³-hybridized carbons (Fsp3) is 0.647.